The van der Waals surface area contributed by atoms with Gasteiger partial charge in [0.25, 0.3) is 0 Å². The van der Waals surface area contributed by atoms with Gasteiger partial charge in [0.1, 0.15) is 0 Å². The molecule has 0 radical (unpaired) electrons. The molecule has 0 aliphatic heterocycles. The van der Waals surface area contributed by atoms with E-state index in [-0.39, 0.29) is 11.9 Å². The lowest BCUT2D eigenvalue weighted by Crippen LogP contribution is -2.30. The van der Waals surface area contributed by atoms with Crippen LogP contribution in [0, 0.1) is 11.8 Å². The van der Waals surface area contributed by atoms with Crippen LogP contribution in [-0.2, 0) is 19.1 Å². The van der Waals surface area contributed by atoms with Crippen molar-refractivity contribution in [2.45, 2.75) is 272 Å². The first-order valence-electron chi connectivity index (χ1n) is 25.5. The Bertz CT molecular complexity index is 805. The lowest BCUT2D eigenvalue weighted by atomic mass is 9.85. The molecule has 0 heterocycles. The number of hydrogen-bond donors (Lipinski definition) is 1. The second-order valence-electron chi connectivity index (χ2n) is 18.1. The fourth-order valence-corrected chi connectivity index (χ4v) is 8.92. The van der Waals surface area contributed by atoms with Crippen molar-refractivity contribution in [2.24, 2.45) is 11.8 Å². The van der Waals surface area contributed by atoms with Gasteiger partial charge in [-0.1, -0.05) is 183 Å². The molecule has 0 rings (SSSR count). The number of carbonyl (C=O) groups is 2. The predicted molar refractivity (Wildman–Crippen MR) is 246 cm³/mol. The Morgan fingerprint density at radius 1 is 0.421 bits per heavy atom. The largest absolute Gasteiger partial charge is 0.466 e. The van der Waals surface area contributed by atoms with E-state index in [0.717, 1.165) is 128 Å². The third-order valence-electron chi connectivity index (χ3n) is 12.4. The lowest BCUT2D eigenvalue weighted by Gasteiger charge is -2.29. The molecule has 57 heavy (non-hydrogen) atoms. The van der Waals surface area contributed by atoms with Crippen molar-refractivity contribution in [2.75, 3.05) is 32.8 Å². The Morgan fingerprint density at radius 3 is 1.19 bits per heavy atom. The molecule has 0 aliphatic rings. The highest BCUT2D eigenvalue weighted by Gasteiger charge is 2.25. The fraction of sp³-hybridized carbons (Fsp3) is 0.961. The molecule has 0 spiro atoms. The highest BCUT2D eigenvalue weighted by atomic mass is 16.5. The molecule has 0 aromatic rings. The van der Waals surface area contributed by atoms with Crippen LogP contribution in [0.2, 0.25) is 0 Å². The minimum atomic E-state index is -0.600. The number of nitrogens with zero attached hydrogens (tertiary/aromatic N) is 1. The number of rotatable bonds is 45. The maximum atomic E-state index is 12.3. The molecule has 0 aromatic carbocycles. The Hall–Kier alpha value is -1.14. The van der Waals surface area contributed by atoms with E-state index in [1.165, 1.54) is 116 Å². The van der Waals surface area contributed by atoms with Crippen molar-refractivity contribution in [3.05, 3.63) is 0 Å². The summed E-state index contributed by atoms with van der Waals surface area (Å²) in [5, 5.41) is 11.8. The molecule has 0 amide bonds. The summed E-state index contributed by atoms with van der Waals surface area (Å²) in [6.45, 7) is 18.2. The molecular formula is C51H101NO5. The Kier molecular flexibility index (Phi) is 40.8. The summed E-state index contributed by atoms with van der Waals surface area (Å²) in [5.74, 6) is 1.59. The molecule has 6 heteroatoms. The molecule has 0 saturated carbocycles. The van der Waals surface area contributed by atoms with Gasteiger partial charge in [-0.05, 0) is 102 Å². The van der Waals surface area contributed by atoms with E-state index in [9.17, 15) is 14.7 Å². The van der Waals surface area contributed by atoms with E-state index in [4.69, 9.17) is 9.47 Å². The summed E-state index contributed by atoms with van der Waals surface area (Å²) in [4.78, 5) is 27.2. The molecular weight excluding hydrogens is 707 g/mol. The minimum Gasteiger partial charge on any atom is -0.466 e. The zero-order valence-corrected chi connectivity index (χ0v) is 39.5. The zero-order valence-electron chi connectivity index (χ0n) is 39.5. The van der Waals surface area contributed by atoms with Crippen LogP contribution in [0.15, 0.2) is 0 Å². The van der Waals surface area contributed by atoms with Gasteiger partial charge in [0.05, 0.1) is 18.8 Å². The van der Waals surface area contributed by atoms with Crippen LogP contribution >= 0.6 is 0 Å². The molecule has 6 nitrogen and oxygen atoms in total. The summed E-state index contributed by atoms with van der Waals surface area (Å²) in [5.41, 5.74) is -0.600. The van der Waals surface area contributed by atoms with Crippen LogP contribution in [0.3, 0.4) is 0 Å². The van der Waals surface area contributed by atoms with Crippen LogP contribution in [0.4, 0.5) is 0 Å². The Balaban J connectivity index is 4.44. The van der Waals surface area contributed by atoms with Crippen LogP contribution in [0.5, 0.6) is 0 Å². The van der Waals surface area contributed by atoms with Crippen molar-refractivity contribution in [1.82, 2.24) is 4.90 Å². The van der Waals surface area contributed by atoms with Crippen molar-refractivity contribution in [3.63, 3.8) is 0 Å². The number of carbonyl (C=O) groups excluding carboxylic acids is 2. The fourth-order valence-electron chi connectivity index (χ4n) is 8.92. The van der Waals surface area contributed by atoms with Gasteiger partial charge in [-0.3, -0.25) is 9.59 Å². The first-order valence-corrected chi connectivity index (χ1v) is 25.5. The van der Waals surface area contributed by atoms with Crippen LogP contribution in [0.25, 0.3) is 0 Å². The molecule has 0 aliphatic carbocycles. The van der Waals surface area contributed by atoms with Crippen molar-refractivity contribution in [1.29, 1.82) is 0 Å². The van der Waals surface area contributed by atoms with Gasteiger partial charge in [-0.2, -0.15) is 0 Å². The van der Waals surface area contributed by atoms with E-state index in [1.807, 2.05) is 0 Å². The molecule has 0 aromatic heterocycles. The molecule has 0 fully saturated rings. The van der Waals surface area contributed by atoms with Crippen LogP contribution in [0.1, 0.15) is 266 Å². The first-order chi connectivity index (χ1) is 27.8. The highest BCUT2D eigenvalue weighted by molar-refractivity contribution is 5.69. The third-order valence-corrected chi connectivity index (χ3v) is 12.4. The van der Waals surface area contributed by atoms with Crippen molar-refractivity contribution < 1.29 is 24.2 Å². The van der Waals surface area contributed by atoms with Gasteiger partial charge in [-0.25, -0.2) is 0 Å². The SMILES string of the molecule is CCCCCC(CCC)CCCCC(=O)OCCCCCCC(O)(CCCCCCOC(=O)CCCCC(CCC)CCCCC)CCCCN(CCC)CCC. The summed E-state index contributed by atoms with van der Waals surface area (Å²) in [6, 6.07) is 0. The first kappa shape index (κ1) is 55.9. The quantitative estimate of drug-likeness (QED) is 0.0488. The van der Waals surface area contributed by atoms with Gasteiger partial charge in [0.15, 0.2) is 0 Å². The van der Waals surface area contributed by atoms with Gasteiger partial charge in [0.2, 0.25) is 0 Å². The average molecular weight is 808 g/mol. The second kappa shape index (κ2) is 41.6. The molecule has 2 atom stereocenters. The van der Waals surface area contributed by atoms with Gasteiger partial charge >= 0.3 is 11.9 Å². The highest BCUT2D eigenvalue weighted by Crippen LogP contribution is 2.29. The maximum absolute atomic E-state index is 12.3. The zero-order chi connectivity index (χ0) is 42.1. The summed E-state index contributed by atoms with van der Waals surface area (Å²) >= 11 is 0. The van der Waals surface area contributed by atoms with E-state index < -0.39 is 5.60 Å². The molecule has 0 bridgehead atoms. The van der Waals surface area contributed by atoms with Crippen LogP contribution in [-0.4, -0.2) is 60.4 Å². The summed E-state index contributed by atoms with van der Waals surface area (Å²) in [7, 11) is 0. The normalized spacial score (nSPS) is 13.8. The Morgan fingerprint density at radius 2 is 0.807 bits per heavy atom. The smallest absolute Gasteiger partial charge is 0.305 e. The van der Waals surface area contributed by atoms with E-state index in [1.54, 1.807) is 0 Å². The molecule has 0 saturated heterocycles. The van der Waals surface area contributed by atoms with Crippen molar-refractivity contribution in [3.8, 4) is 0 Å². The van der Waals surface area contributed by atoms with Crippen LogP contribution < -0.4 is 0 Å². The number of unbranched alkanes of at least 4 members (excludes halogenated alkanes) is 13. The van der Waals surface area contributed by atoms with E-state index in [2.05, 4.69) is 46.4 Å². The molecule has 2 unspecified atom stereocenters. The maximum Gasteiger partial charge on any atom is 0.305 e. The van der Waals surface area contributed by atoms with E-state index >= 15 is 0 Å². The standard InChI is InChI=1S/C51H101NO5/c1-7-13-19-33-47(31-9-3)35-21-23-37-49(53)56-45-29-17-15-25-39-51(55,41-27-28-44-52(42-11-5)43-12-6)40-26-16-18-30-46-57-50(54)38-24-22-36-48(32-10-4)34-20-14-8-2/h47-48,55H,7-46H2,1-6H3. The summed E-state index contributed by atoms with van der Waals surface area (Å²) < 4.78 is 11.2. The molecule has 340 valence electrons. The summed E-state index contributed by atoms with van der Waals surface area (Å²) in [6.07, 6.45) is 38.9. The van der Waals surface area contributed by atoms with E-state index in [0.29, 0.717) is 26.1 Å². The average Bonchev–Trinajstić information content (AvgIpc) is 3.19. The van der Waals surface area contributed by atoms with Crippen molar-refractivity contribution >= 4 is 11.9 Å². The monoisotopic (exact) mass is 808 g/mol. The lowest BCUT2D eigenvalue weighted by molar-refractivity contribution is -0.144. The molecule has 1 N–H and O–H groups in total. The Labute approximate surface area is 356 Å². The number of ether oxygens (including phenoxy) is 2. The topological polar surface area (TPSA) is 76.1 Å². The van der Waals surface area contributed by atoms with Gasteiger partial charge in [0, 0.05) is 12.8 Å². The predicted octanol–water partition coefficient (Wildman–Crippen LogP) is 15.1. The number of hydrogen-bond acceptors (Lipinski definition) is 6. The minimum absolute atomic E-state index is 0.0312. The second-order valence-corrected chi connectivity index (χ2v) is 18.1. The third kappa shape index (κ3) is 36.4. The van der Waals surface area contributed by atoms with Gasteiger partial charge in [-0.15, -0.1) is 0 Å². The number of esters is 2. The van der Waals surface area contributed by atoms with Gasteiger partial charge < -0.3 is 19.5 Å². The number of aliphatic hydroxyl groups is 1.